The molecule has 2 N–H and O–H groups in total. The summed E-state index contributed by atoms with van der Waals surface area (Å²) in [5.74, 6) is 0.0752. The van der Waals surface area contributed by atoms with Gasteiger partial charge in [-0.3, -0.25) is 9.78 Å². The first-order valence-electron chi connectivity index (χ1n) is 6.30. The van der Waals surface area contributed by atoms with E-state index in [0.29, 0.717) is 0 Å². The molecule has 0 saturated carbocycles. The quantitative estimate of drug-likeness (QED) is 0.731. The van der Waals surface area contributed by atoms with Crippen LogP contribution in [0.3, 0.4) is 0 Å². The van der Waals surface area contributed by atoms with Crippen LogP contribution in [-0.4, -0.2) is 22.4 Å². The molecule has 2 aromatic rings. The van der Waals surface area contributed by atoms with Gasteiger partial charge in [0, 0.05) is 36.6 Å². The van der Waals surface area contributed by atoms with Gasteiger partial charge in [-0.25, -0.2) is 0 Å². The molecule has 1 aliphatic carbocycles. The predicted octanol–water partition coefficient (Wildman–Crippen LogP) is 1.46. The molecule has 0 bridgehead atoms. The Balaban J connectivity index is 1.99. The number of aromatic nitrogens is 2. The van der Waals surface area contributed by atoms with Crippen LogP contribution in [0.25, 0.3) is 11.3 Å². The molecule has 0 unspecified atom stereocenters. The van der Waals surface area contributed by atoms with Gasteiger partial charge in [0.05, 0.1) is 11.3 Å². The summed E-state index contributed by atoms with van der Waals surface area (Å²) >= 11 is 0. The summed E-state index contributed by atoms with van der Waals surface area (Å²) in [5, 5.41) is 2.93. The standard InChI is InChI=1S/C14H13N3O/c18-14-12-10-2-1-8-7-15-5-3-9(8)13(10)17-11(12)4-6-16-14/h3,5,7,17H,1-2,4,6H2,(H,16,18). The van der Waals surface area contributed by atoms with E-state index < -0.39 is 0 Å². The van der Waals surface area contributed by atoms with E-state index >= 15 is 0 Å². The highest BCUT2D eigenvalue weighted by atomic mass is 16.1. The van der Waals surface area contributed by atoms with Gasteiger partial charge in [0.25, 0.3) is 5.91 Å². The average molecular weight is 239 g/mol. The number of H-pyrrole nitrogens is 1. The molecule has 1 aliphatic heterocycles. The van der Waals surface area contributed by atoms with Gasteiger partial charge in [0.2, 0.25) is 0 Å². The van der Waals surface area contributed by atoms with Crippen molar-refractivity contribution in [2.75, 3.05) is 6.54 Å². The van der Waals surface area contributed by atoms with Gasteiger partial charge in [-0.2, -0.15) is 0 Å². The average Bonchev–Trinajstić information content (AvgIpc) is 2.79. The van der Waals surface area contributed by atoms with E-state index in [1.807, 2.05) is 18.5 Å². The lowest BCUT2D eigenvalue weighted by atomic mass is 9.89. The van der Waals surface area contributed by atoms with Gasteiger partial charge < -0.3 is 10.3 Å². The van der Waals surface area contributed by atoms with Gasteiger partial charge in [-0.05, 0) is 30.0 Å². The third kappa shape index (κ3) is 1.20. The van der Waals surface area contributed by atoms with Crippen LogP contribution in [0.1, 0.15) is 27.2 Å². The predicted molar refractivity (Wildman–Crippen MR) is 67.5 cm³/mol. The first-order valence-corrected chi connectivity index (χ1v) is 6.30. The number of aromatic amines is 1. The Morgan fingerprint density at radius 3 is 3.11 bits per heavy atom. The molecule has 0 aromatic carbocycles. The van der Waals surface area contributed by atoms with Gasteiger partial charge in [-0.15, -0.1) is 0 Å². The fraction of sp³-hybridized carbons (Fsp3) is 0.286. The van der Waals surface area contributed by atoms with Crippen LogP contribution in [0, 0.1) is 0 Å². The van der Waals surface area contributed by atoms with E-state index in [1.54, 1.807) is 0 Å². The van der Waals surface area contributed by atoms with E-state index in [1.165, 1.54) is 16.7 Å². The molecule has 0 saturated heterocycles. The van der Waals surface area contributed by atoms with Crippen LogP contribution < -0.4 is 5.32 Å². The van der Waals surface area contributed by atoms with Crippen molar-refractivity contribution in [1.29, 1.82) is 0 Å². The van der Waals surface area contributed by atoms with Crippen molar-refractivity contribution in [3.8, 4) is 11.3 Å². The molecule has 3 heterocycles. The van der Waals surface area contributed by atoms with E-state index in [2.05, 4.69) is 15.3 Å². The number of hydrogen-bond donors (Lipinski definition) is 2. The minimum atomic E-state index is 0.0752. The lowest BCUT2D eigenvalue weighted by Crippen LogP contribution is -2.32. The molecule has 1 amide bonds. The number of carbonyl (C=O) groups is 1. The Morgan fingerprint density at radius 1 is 1.22 bits per heavy atom. The van der Waals surface area contributed by atoms with Crippen LogP contribution in [0.4, 0.5) is 0 Å². The zero-order valence-electron chi connectivity index (χ0n) is 9.92. The Kier molecular flexibility index (Phi) is 1.89. The third-order valence-corrected chi connectivity index (χ3v) is 3.89. The Bertz CT molecular complexity index is 657. The number of rotatable bonds is 0. The summed E-state index contributed by atoms with van der Waals surface area (Å²) in [6.45, 7) is 0.731. The molecule has 0 fully saturated rings. The Labute approximate surface area is 104 Å². The fourth-order valence-corrected chi connectivity index (χ4v) is 3.06. The van der Waals surface area contributed by atoms with Crippen LogP contribution in [-0.2, 0) is 19.3 Å². The number of amides is 1. The number of aryl methyl sites for hydroxylation is 1. The molecule has 2 aliphatic rings. The second-order valence-corrected chi connectivity index (χ2v) is 4.87. The first kappa shape index (κ1) is 9.88. The minimum Gasteiger partial charge on any atom is -0.357 e. The summed E-state index contributed by atoms with van der Waals surface area (Å²) < 4.78 is 0. The molecular formula is C14H13N3O. The zero-order valence-corrected chi connectivity index (χ0v) is 9.92. The highest BCUT2D eigenvalue weighted by Crippen LogP contribution is 2.36. The number of carbonyl (C=O) groups excluding carboxylic acids is 1. The Hall–Kier alpha value is -2.10. The molecule has 90 valence electrons. The fourth-order valence-electron chi connectivity index (χ4n) is 3.06. The maximum atomic E-state index is 12.0. The van der Waals surface area contributed by atoms with E-state index in [9.17, 15) is 4.79 Å². The SMILES string of the molecule is O=C1NCCc2[nH]c3c(c21)CCc1cnccc1-3. The normalized spacial score (nSPS) is 16.6. The molecule has 0 spiro atoms. The van der Waals surface area contributed by atoms with Gasteiger partial charge in [0.1, 0.15) is 0 Å². The van der Waals surface area contributed by atoms with Crippen molar-refractivity contribution in [3.05, 3.63) is 40.8 Å². The largest absolute Gasteiger partial charge is 0.357 e. The maximum absolute atomic E-state index is 12.0. The summed E-state index contributed by atoms with van der Waals surface area (Å²) in [5.41, 5.74) is 6.76. The minimum absolute atomic E-state index is 0.0752. The zero-order chi connectivity index (χ0) is 12.1. The topological polar surface area (TPSA) is 57.8 Å². The van der Waals surface area contributed by atoms with Crippen molar-refractivity contribution < 1.29 is 4.79 Å². The molecule has 0 atom stereocenters. The number of fused-ring (bicyclic) bond motifs is 5. The number of pyridine rings is 1. The van der Waals surface area contributed by atoms with E-state index in [0.717, 1.165) is 42.8 Å². The van der Waals surface area contributed by atoms with E-state index in [4.69, 9.17) is 0 Å². The Morgan fingerprint density at radius 2 is 2.17 bits per heavy atom. The smallest absolute Gasteiger partial charge is 0.253 e. The molecule has 0 radical (unpaired) electrons. The highest BCUT2D eigenvalue weighted by Gasteiger charge is 2.29. The number of hydrogen-bond acceptors (Lipinski definition) is 2. The third-order valence-electron chi connectivity index (χ3n) is 3.89. The lowest BCUT2D eigenvalue weighted by molar-refractivity contribution is 0.0945. The maximum Gasteiger partial charge on any atom is 0.253 e. The second kappa shape index (κ2) is 3.45. The molecule has 4 nitrogen and oxygen atoms in total. The number of nitrogens with one attached hydrogen (secondary N) is 2. The van der Waals surface area contributed by atoms with Crippen molar-refractivity contribution >= 4 is 5.91 Å². The molecule has 4 heteroatoms. The van der Waals surface area contributed by atoms with Crippen molar-refractivity contribution in [2.45, 2.75) is 19.3 Å². The van der Waals surface area contributed by atoms with Crippen molar-refractivity contribution in [1.82, 2.24) is 15.3 Å². The summed E-state index contributed by atoms with van der Waals surface area (Å²) in [7, 11) is 0. The van der Waals surface area contributed by atoms with Crippen LogP contribution in [0.2, 0.25) is 0 Å². The molecule has 4 rings (SSSR count). The van der Waals surface area contributed by atoms with Crippen LogP contribution in [0.15, 0.2) is 18.5 Å². The van der Waals surface area contributed by atoms with Crippen LogP contribution in [0.5, 0.6) is 0 Å². The van der Waals surface area contributed by atoms with Crippen molar-refractivity contribution in [3.63, 3.8) is 0 Å². The first-order chi connectivity index (χ1) is 8.84. The molecular weight excluding hydrogens is 226 g/mol. The number of nitrogens with zero attached hydrogens (tertiary/aromatic N) is 1. The monoisotopic (exact) mass is 239 g/mol. The van der Waals surface area contributed by atoms with Gasteiger partial charge in [0.15, 0.2) is 0 Å². The summed E-state index contributed by atoms with van der Waals surface area (Å²) in [4.78, 5) is 19.6. The molecule has 2 aromatic heterocycles. The summed E-state index contributed by atoms with van der Waals surface area (Å²) in [6, 6.07) is 2.03. The van der Waals surface area contributed by atoms with Crippen molar-refractivity contribution in [2.24, 2.45) is 0 Å². The molecule has 18 heavy (non-hydrogen) atoms. The van der Waals surface area contributed by atoms with Gasteiger partial charge >= 0.3 is 0 Å². The summed E-state index contributed by atoms with van der Waals surface area (Å²) in [6.07, 6.45) is 6.53. The van der Waals surface area contributed by atoms with Gasteiger partial charge in [-0.1, -0.05) is 0 Å². The second-order valence-electron chi connectivity index (χ2n) is 4.87. The van der Waals surface area contributed by atoms with Crippen LogP contribution >= 0.6 is 0 Å². The van der Waals surface area contributed by atoms with E-state index in [-0.39, 0.29) is 5.91 Å². The highest BCUT2D eigenvalue weighted by molar-refractivity contribution is 6.00. The lowest BCUT2D eigenvalue weighted by Gasteiger charge is -2.17.